The van der Waals surface area contributed by atoms with Crippen LogP contribution in [-0.2, 0) is 4.79 Å². The molecule has 3 N–H and O–H groups in total. The van der Waals surface area contributed by atoms with Gasteiger partial charge in [0.05, 0.1) is 5.54 Å². The molecular formula is C15H32N4O. The average molecular weight is 284 g/mol. The van der Waals surface area contributed by atoms with E-state index in [1.165, 1.54) is 12.8 Å². The van der Waals surface area contributed by atoms with Crippen LogP contribution in [0.2, 0.25) is 0 Å². The zero-order valence-electron chi connectivity index (χ0n) is 13.8. The summed E-state index contributed by atoms with van der Waals surface area (Å²) in [6.07, 6.45) is 3.24. The number of rotatable bonds is 7. The highest BCUT2D eigenvalue weighted by Gasteiger charge is 2.34. The molecule has 1 saturated heterocycles. The Balaban J connectivity index is 2.64. The van der Waals surface area contributed by atoms with E-state index in [2.05, 4.69) is 36.1 Å². The Morgan fingerprint density at radius 2 is 2.20 bits per heavy atom. The lowest BCUT2D eigenvalue weighted by molar-refractivity contribution is -0.124. The molecule has 1 heterocycles. The summed E-state index contributed by atoms with van der Waals surface area (Å²) in [6, 6.07) is 0.972. The minimum absolute atomic E-state index is 0.257. The van der Waals surface area contributed by atoms with Gasteiger partial charge in [-0.2, -0.15) is 0 Å². The Labute approximate surface area is 123 Å². The van der Waals surface area contributed by atoms with Crippen molar-refractivity contribution in [3.05, 3.63) is 0 Å². The molecule has 0 radical (unpaired) electrons. The minimum atomic E-state index is -0.612. The zero-order valence-corrected chi connectivity index (χ0v) is 13.8. The first-order valence-electron chi connectivity index (χ1n) is 7.75. The molecule has 118 valence electrons. The number of likely N-dealkylation sites (tertiary alicyclic amines) is 1. The molecule has 1 fully saturated rings. The van der Waals surface area contributed by atoms with E-state index in [1.54, 1.807) is 0 Å². The van der Waals surface area contributed by atoms with E-state index in [0.717, 1.165) is 26.1 Å². The summed E-state index contributed by atoms with van der Waals surface area (Å²) in [5, 5.41) is 3.25. The van der Waals surface area contributed by atoms with Crippen LogP contribution in [0.5, 0.6) is 0 Å². The number of primary amides is 1. The van der Waals surface area contributed by atoms with Gasteiger partial charge in [-0.3, -0.25) is 9.69 Å². The molecule has 0 aromatic heterocycles. The standard InChI is InChI=1S/C15H32N4O/c1-6-17-15(3,14(16)20)10-12(2)19-9-7-8-13(11-19)18(4)5/h12-13,17H,6-11H2,1-5H3,(H2,16,20). The summed E-state index contributed by atoms with van der Waals surface area (Å²) < 4.78 is 0. The quantitative estimate of drug-likeness (QED) is 0.720. The molecular weight excluding hydrogens is 252 g/mol. The topological polar surface area (TPSA) is 61.6 Å². The van der Waals surface area contributed by atoms with Crippen LogP contribution >= 0.6 is 0 Å². The molecule has 0 spiro atoms. The number of hydrogen-bond acceptors (Lipinski definition) is 4. The van der Waals surface area contributed by atoms with Crippen LogP contribution in [0.1, 0.15) is 40.0 Å². The number of hydrogen-bond donors (Lipinski definition) is 2. The largest absolute Gasteiger partial charge is 0.368 e. The van der Waals surface area contributed by atoms with E-state index in [1.807, 2.05) is 13.8 Å². The van der Waals surface area contributed by atoms with Gasteiger partial charge in [0.15, 0.2) is 0 Å². The highest BCUT2D eigenvalue weighted by molar-refractivity contribution is 5.84. The van der Waals surface area contributed by atoms with Gasteiger partial charge in [0, 0.05) is 18.6 Å². The second-order valence-electron chi connectivity index (χ2n) is 6.53. The monoisotopic (exact) mass is 284 g/mol. The van der Waals surface area contributed by atoms with E-state index < -0.39 is 5.54 Å². The van der Waals surface area contributed by atoms with Gasteiger partial charge in [0.1, 0.15) is 0 Å². The van der Waals surface area contributed by atoms with Crippen LogP contribution in [-0.4, -0.2) is 67.1 Å². The van der Waals surface area contributed by atoms with Gasteiger partial charge in [-0.15, -0.1) is 0 Å². The molecule has 3 unspecified atom stereocenters. The Bertz CT molecular complexity index is 321. The summed E-state index contributed by atoms with van der Waals surface area (Å²) >= 11 is 0. The summed E-state index contributed by atoms with van der Waals surface area (Å²) in [7, 11) is 4.29. The molecule has 5 heteroatoms. The van der Waals surface area contributed by atoms with Gasteiger partial charge >= 0.3 is 0 Å². The first-order chi connectivity index (χ1) is 9.30. The van der Waals surface area contributed by atoms with Crippen molar-refractivity contribution in [1.82, 2.24) is 15.1 Å². The fraction of sp³-hybridized carbons (Fsp3) is 0.933. The number of likely N-dealkylation sites (N-methyl/N-ethyl adjacent to an activating group) is 2. The highest BCUT2D eigenvalue weighted by atomic mass is 16.1. The number of nitrogens with one attached hydrogen (secondary N) is 1. The van der Waals surface area contributed by atoms with E-state index >= 15 is 0 Å². The lowest BCUT2D eigenvalue weighted by Gasteiger charge is -2.41. The first kappa shape index (κ1) is 17.4. The average Bonchev–Trinajstić information content (AvgIpc) is 2.38. The van der Waals surface area contributed by atoms with Crippen molar-refractivity contribution >= 4 is 5.91 Å². The van der Waals surface area contributed by atoms with Crippen molar-refractivity contribution in [2.45, 2.75) is 57.7 Å². The van der Waals surface area contributed by atoms with E-state index in [4.69, 9.17) is 5.73 Å². The van der Waals surface area contributed by atoms with Crippen LogP contribution in [0.25, 0.3) is 0 Å². The van der Waals surface area contributed by atoms with E-state index in [-0.39, 0.29) is 5.91 Å². The van der Waals surface area contributed by atoms with Gasteiger partial charge in [0.25, 0.3) is 0 Å². The molecule has 0 aromatic rings. The van der Waals surface area contributed by atoms with Gasteiger partial charge in [-0.25, -0.2) is 0 Å². The van der Waals surface area contributed by atoms with Crippen LogP contribution in [0, 0.1) is 0 Å². The number of amides is 1. The summed E-state index contributed by atoms with van der Waals surface area (Å²) in [5.41, 5.74) is 4.97. The highest BCUT2D eigenvalue weighted by Crippen LogP contribution is 2.21. The van der Waals surface area contributed by atoms with E-state index in [0.29, 0.717) is 12.1 Å². The van der Waals surface area contributed by atoms with Crippen LogP contribution in [0.15, 0.2) is 0 Å². The molecule has 1 amide bonds. The Hall–Kier alpha value is -0.650. The lowest BCUT2D eigenvalue weighted by Crippen LogP contribution is -2.57. The third kappa shape index (κ3) is 4.43. The SMILES string of the molecule is CCNC(C)(CC(C)N1CCCC(N(C)C)C1)C(N)=O. The molecule has 3 atom stereocenters. The molecule has 1 aliphatic rings. The van der Waals surface area contributed by atoms with Crippen molar-refractivity contribution in [3.8, 4) is 0 Å². The van der Waals surface area contributed by atoms with Crippen molar-refractivity contribution in [2.24, 2.45) is 5.73 Å². The Morgan fingerprint density at radius 1 is 1.55 bits per heavy atom. The number of nitrogens with two attached hydrogens (primary N) is 1. The number of nitrogens with zero attached hydrogens (tertiary/aromatic N) is 2. The zero-order chi connectivity index (χ0) is 15.3. The Morgan fingerprint density at radius 3 is 2.70 bits per heavy atom. The predicted octanol–water partition coefficient (Wildman–Crippen LogP) is 0.645. The smallest absolute Gasteiger partial charge is 0.237 e. The van der Waals surface area contributed by atoms with Gasteiger partial charge in [0.2, 0.25) is 5.91 Å². The van der Waals surface area contributed by atoms with Crippen molar-refractivity contribution < 1.29 is 4.79 Å². The number of piperidine rings is 1. The summed E-state index contributed by atoms with van der Waals surface area (Å²) in [5.74, 6) is -0.257. The predicted molar refractivity (Wildman–Crippen MR) is 83.6 cm³/mol. The van der Waals surface area contributed by atoms with Crippen molar-refractivity contribution in [2.75, 3.05) is 33.7 Å². The lowest BCUT2D eigenvalue weighted by atomic mass is 9.90. The van der Waals surface area contributed by atoms with Gasteiger partial charge in [-0.05, 0) is 60.3 Å². The van der Waals surface area contributed by atoms with E-state index in [9.17, 15) is 4.79 Å². The maximum Gasteiger partial charge on any atom is 0.237 e. The number of carbonyl (C=O) groups excluding carboxylic acids is 1. The summed E-state index contributed by atoms with van der Waals surface area (Å²) in [6.45, 7) is 9.09. The second-order valence-corrected chi connectivity index (χ2v) is 6.53. The normalized spacial score (nSPS) is 25.4. The second kappa shape index (κ2) is 7.38. The van der Waals surface area contributed by atoms with Crippen LogP contribution < -0.4 is 11.1 Å². The van der Waals surface area contributed by atoms with Crippen LogP contribution in [0.3, 0.4) is 0 Å². The molecule has 0 bridgehead atoms. The molecule has 1 rings (SSSR count). The summed E-state index contributed by atoms with van der Waals surface area (Å²) in [4.78, 5) is 16.5. The molecule has 0 aromatic carbocycles. The molecule has 1 aliphatic heterocycles. The van der Waals surface area contributed by atoms with Gasteiger partial charge < -0.3 is 16.0 Å². The van der Waals surface area contributed by atoms with Crippen molar-refractivity contribution in [3.63, 3.8) is 0 Å². The maximum atomic E-state index is 11.7. The van der Waals surface area contributed by atoms with Gasteiger partial charge in [-0.1, -0.05) is 6.92 Å². The molecule has 0 saturated carbocycles. The fourth-order valence-electron chi connectivity index (χ4n) is 3.18. The molecule has 0 aliphatic carbocycles. The third-order valence-electron chi connectivity index (χ3n) is 4.60. The minimum Gasteiger partial charge on any atom is -0.368 e. The third-order valence-corrected chi connectivity index (χ3v) is 4.60. The maximum absolute atomic E-state index is 11.7. The fourth-order valence-corrected chi connectivity index (χ4v) is 3.18. The number of carbonyl (C=O) groups is 1. The van der Waals surface area contributed by atoms with Crippen LogP contribution in [0.4, 0.5) is 0 Å². The van der Waals surface area contributed by atoms with Crippen molar-refractivity contribution in [1.29, 1.82) is 0 Å². The first-order valence-corrected chi connectivity index (χ1v) is 7.75. The molecule has 5 nitrogen and oxygen atoms in total. The Kier molecular flexibility index (Phi) is 6.43. The molecule has 20 heavy (non-hydrogen) atoms.